The quantitative estimate of drug-likeness (QED) is 0.178. The van der Waals surface area contributed by atoms with Gasteiger partial charge in [-0.2, -0.15) is 0 Å². The van der Waals surface area contributed by atoms with Crippen molar-refractivity contribution in [1.29, 1.82) is 0 Å². The summed E-state index contributed by atoms with van der Waals surface area (Å²) >= 11 is 0. The van der Waals surface area contributed by atoms with Crippen LogP contribution >= 0.6 is 0 Å². The van der Waals surface area contributed by atoms with Crippen molar-refractivity contribution in [3.8, 4) is 11.3 Å². The average Bonchev–Trinajstić information content (AvgIpc) is 3.87. The zero-order valence-corrected chi connectivity index (χ0v) is 29.3. The van der Waals surface area contributed by atoms with Crippen molar-refractivity contribution in [2.24, 2.45) is 0 Å². The van der Waals surface area contributed by atoms with E-state index in [9.17, 15) is 24.0 Å². The summed E-state index contributed by atoms with van der Waals surface area (Å²) in [5.74, 6) is -0.963. The number of ether oxygens (including phenoxy) is 1. The van der Waals surface area contributed by atoms with Gasteiger partial charge in [0.15, 0.2) is 0 Å². The summed E-state index contributed by atoms with van der Waals surface area (Å²) in [6.07, 6.45) is 1.89. The standard InChI is InChI=1S/C39H44N6O6/c1-24(46)44-20-8-12-32(44)35(47)41-29-18-19-30-27(22-29)23-31(42-30)25-14-16-28(17-15-25)40-36(48)33-13-9-21-45(33)37(49)34(26-10-6-5-7-11-26)43-38(50)51-39(2,3)4/h5-7,10-11,14-19,22-23,32-34,42H,8-9,12-13,20-21H2,1-4H3,(H,40,48)(H,41,47)(H,43,50)/t32-,33-,34+/m0/s1. The summed E-state index contributed by atoms with van der Waals surface area (Å²) in [7, 11) is 0. The van der Waals surface area contributed by atoms with E-state index in [-0.39, 0.29) is 23.6 Å². The largest absolute Gasteiger partial charge is 0.444 e. The van der Waals surface area contributed by atoms with Crippen molar-refractivity contribution >= 4 is 52.0 Å². The predicted octanol–water partition coefficient (Wildman–Crippen LogP) is 5.98. The number of H-pyrrole nitrogens is 1. The van der Waals surface area contributed by atoms with Crippen LogP contribution in [0.1, 0.15) is 65.0 Å². The molecule has 12 heteroatoms. The second-order valence-corrected chi connectivity index (χ2v) is 14.1. The van der Waals surface area contributed by atoms with Crippen molar-refractivity contribution in [3.63, 3.8) is 0 Å². The van der Waals surface area contributed by atoms with Crippen LogP contribution in [0.5, 0.6) is 0 Å². The summed E-state index contributed by atoms with van der Waals surface area (Å²) in [6, 6.07) is 21.8. The van der Waals surface area contributed by atoms with Crippen LogP contribution in [0, 0.1) is 0 Å². The normalized spacial score (nSPS) is 18.0. The first-order valence-electron chi connectivity index (χ1n) is 17.3. The van der Waals surface area contributed by atoms with Gasteiger partial charge in [0.25, 0.3) is 5.91 Å². The fourth-order valence-corrected chi connectivity index (χ4v) is 6.79. The van der Waals surface area contributed by atoms with E-state index in [0.29, 0.717) is 49.3 Å². The molecule has 0 spiro atoms. The molecule has 0 bridgehead atoms. The van der Waals surface area contributed by atoms with Crippen LogP contribution in [-0.4, -0.2) is 75.3 Å². The minimum absolute atomic E-state index is 0.0961. The summed E-state index contributed by atoms with van der Waals surface area (Å²) in [5, 5.41) is 9.56. The van der Waals surface area contributed by atoms with Crippen LogP contribution in [0.15, 0.2) is 78.9 Å². The number of benzene rings is 3. The highest BCUT2D eigenvalue weighted by Gasteiger charge is 2.39. The van der Waals surface area contributed by atoms with E-state index in [1.807, 2.05) is 54.6 Å². The maximum atomic E-state index is 13.9. The molecule has 0 unspecified atom stereocenters. The maximum absolute atomic E-state index is 13.9. The molecular weight excluding hydrogens is 648 g/mol. The number of fused-ring (bicyclic) bond motifs is 1. The van der Waals surface area contributed by atoms with Crippen LogP contribution in [0.4, 0.5) is 16.2 Å². The zero-order valence-electron chi connectivity index (χ0n) is 29.3. The Bertz CT molecular complexity index is 1930. The molecule has 2 aliphatic heterocycles. The Balaban J connectivity index is 1.11. The lowest BCUT2D eigenvalue weighted by Gasteiger charge is -2.29. The highest BCUT2D eigenvalue weighted by molar-refractivity contribution is 6.00. The Labute approximate surface area is 296 Å². The third kappa shape index (κ3) is 8.22. The number of hydrogen-bond acceptors (Lipinski definition) is 6. The molecule has 2 saturated heterocycles. The van der Waals surface area contributed by atoms with Gasteiger partial charge in [0.2, 0.25) is 17.7 Å². The Kier molecular flexibility index (Phi) is 10.1. The van der Waals surface area contributed by atoms with Gasteiger partial charge in [-0.15, -0.1) is 0 Å². The lowest BCUT2D eigenvalue weighted by molar-refractivity contribution is -0.138. The molecule has 2 fully saturated rings. The second kappa shape index (κ2) is 14.7. The van der Waals surface area contributed by atoms with Crippen LogP contribution in [0.2, 0.25) is 0 Å². The molecule has 6 rings (SSSR count). The number of aromatic amines is 1. The van der Waals surface area contributed by atoms with E-state index in [2.05, 4.69) is 20.9 Å². The summed E-state index contributed by atoms with van der Waals surface area (Å²) < 4.78 is 5.43. The molecule has 2 aliphatic rings. The first-order valence-corrected chi connectivity index (χ1v) is 17.3. The number of rotatable bonds is 8. The van der Waals surface area contributed by atoms with Crippen molar-refractivity contribution in [3.05, 3.63) is 84.4 Å². The fraction of sp³-hybridized carbons (Fsp3) is 0.359. The number of amides is 5. The van der Waals surface area contributed by atoms with E-state index < -0.39 is 29.8 Å². The molecule has 51 heavy (non-hydrogen) atoms. The lowest BCUT2D eigenvalue weighted by atomic mass is 10.0. The van der Waals surface area contributed by atoms with Gasteiger partial charge >= 0.3 is 6.09 Å². The number of nitrogens with one attached hydrogen (secondary N) is 4. The lowest BCUT2D eigenvalue weighted by Crippen LogP contribution is -2.49. The number of aromatic nitrogens is 1. The minimum atomic E-state index is -1.01. The third-order valence-electron chi connectivity index (χ3n) is 9.19. The molecule has 12 nitrogen and oxygen atoms in total. The van der Waals surface area contributed by atoms with Crippen molar-refractivity contribution < 1.29 is 28.7 Å². The van der Waals surface area contributed by atoms with Crippen LogP contribution in [0.25, 0.3) is 22.2 Å². The maximum Gasteiger partial charge on any atom is 0.408 e. The van der Waals surface area contributed by atoms with E-state index in [1.54, 1.807) is 49.9 Å². The summed E-state index contributed by atoms with van der Waals surface area (Å²) in [5.41, 5.74) is 3.75. The topological polar surface area (TPSA) is 153 Å². The minimum Gasteiger partial charge on any atom is -0.444 e. The van der Waals surface area contributed by atoms with Gasteiger partial charge in [-0.3, -0.25) is 19.2 Å². The van der Waals surface area contributed by atoms with Gasteiger partial charge in [-0.25, -0.2) is 4.79 Å². The highest BCUT2D eigenvalue weighted by Crippen LogP contribution is 2.29. The van der Waals surface area contributed by atoms with Crippen molar-refractivity contribution in [1.82, 2.24) is 20.1 Å². The number of carbonyl (C=O) groups is 5. The zero-order chi connectivity index (χ0) is 36.3. The fourth-order valence-electron chi connectivity index (χ4n) is 6.79. The van der Waals surface area contributed by atoms with Gasteiger partial charge < -0.3 is 35.5 Å². The molecule has 0 saturated carbocycles. The number of alkyl carbamates (subject to hydrolysis) is 1. The monoisotopic (exact) mass is 692 g/mol. The summed E-state index contributed by atoms with van der Waals surface area (Å²) in [4.78, 5) is 71.6. The number of carbonyl (C=O) groups excluding carboxylic acids is 5. The van der Waals surface area contributed by atoms with Crippen molar-refractivity contribution in [2.75, 3.05) is 23.7 Å². The molecule has 266 valence electrons. The molecule has 3 aromatic carbocycles. The number of anilines is 2. The molecule has 3 atom stereocenters. The first-order chi connectivity index (χ1) is 24.4. The first kappa shape index (κ1) is 35.2. The third-order valence-corrected chi connectivity index (χ3v) is 9.19. The van der Waals surface area contributed by atoms with Crippen LogP contribution in [0.3, 0.4) is 0 Å². The molecular formula is C39H44N6O6. The Morgan fingerprint density at radius 1 is 0.784 bits per heavy atom. The molecule has 3 heterocycles. The Morgan fingerprint density at radius 3 is 2.04 bits per heavy atom. The molecule has 4 N–H and O–H groups in total. The number of likely N-dealkylation sites (tertiary alicyclic amines) is 2. The van der Waals surface area contributed by atoms with E-state index in [0.717, 1.165) is 28.6 Å². The number of hydrogen-bond donors (Lipinski definition) is 4. The van der Waals surface area contributed by atoms with E-state index in [1.165, 1.54) is 11.8 Å². The van der Waals surface area contributed by atoms with Gasteiger partial charge in [0, 0.05) is 48.0 Å². The van der Waals surface area contributed by atoms with Crippen LogP contribution < -0.4 is 16.0 Å². The number of nitrogens with zero attached hydrogens (tertiary/aromatic N) is 2. The van der Waals surface area contributed by atoms with E-state index >= 15 is 0 Å². The van der Waals surface area contributed by atoms with Crippen molar-refractivity contribution in [2.45, 2.75) is 77.1 Å². The highest BCUT2D eigenvalue weighted by atomic mass is 16.6. The van der Waals surface area contributed by atoms with Gasteiger partial charge in [0.1, 0.15) is 23.7 Å². The van der Waals surface area contributed by atoms with E-state index in [4.69, 9.17) is 4.74 Å². The molecule has 0 aliphatic carbocycles. The average molecular weight is 693 g/mol. The molecule has 4 aromatic rings. The second-order valence-electron chi connectivity index (χ2n) is 14.1. The Morgan fingerprint density at radius 2 is 1.39 bits per heavy atom. The van der Waals surface area contributed by atoms with Gasteiger partial charge in [-0.05, 0) is 94.0 Å². The Hall–Kier alpha value is -5.65. The molecule has 1 aromatic heterocycles. The predicted molar refractivity (Wildman–Crippen MR) is 195 cm³/mol. The SMILES string of the molecule is CC(=O)N1CCC[C@H]1C(=O)Nc1ccc2[nH]c(-c3ccc(NC(=O)[C@@H]4CCCN4C(=O)[C@H](NC(=O)OC(C)(C)C)c4ccccc4)cc3)cc2c1. The van der Waals surface area contributed by atoms with Gasteiger partial charge in [0.05, 0.1) is 0 Å². The smallest absolute Gasteiger partial charge is 0.408 e. The summed E-state index contributed by atoms with van der Waals surface area (Å²) in [6.45, 7) is 7.73. The van der Waals surface area contributed by atoms with Gasteiger partial charge in [-0.1, -0.05) is 42.5 Å². The molecule has 0 radical (unpaired) electrons. The molecule has 5 amide bonds. The van der Waals surface area contributed by atoms with Crippen LogP contribution in [-0.2, 0) is 23.9 Å².